The molecule has 2 rings (SSSR count). The summed E-state index contributed by atoms with van der Waals surface area (Å²) in [6.45, 7) is 19.6. The van der Waals surface area contributed by atoms with Gasteiger partial charge in [-0.1, -0.05) is 0 Å². The van der Waals surface area contributed by atoms with Gasteiger partial charge in [0.05, 0.1) is 0 Å². The van der Waals surface area contributed by atoms with Crippen LogP contribution in [-0.4, -0.2) is 19.4 Å². The number of hydrogen-bond acceptors (Lipinski definition) is 0. The molecule has 1 atom stereocenters. The fourth-order valence-corrected chi connectivity index (χ4v) is 13.1. The maximum atomic E-state index is 2.65. The number of hydrogen-bond donors (Lipinski definition) is 0. The molecule has 0 heterocycles. The molecule has 1 aliphatic carbocycles. The zero-order valence-electron chi connectivity index (χ0n) is 18.7. The summed E-state index contributed by atoms with van der Waals surface area (Å²) in [5.74, 6) is 0. The van der Waals surface area contributed by atoms with Crippen LogP contribution in [0.3, 0.4) is 0 Å². The molecule has 1 aromatic rings. The van der Waals surface area contributed by atoms with E-state index in [0.717, 1.165) is 0 Å². The number of halogens is 2. The fraction of sp³-hybridized carbons (Fsp3) is 0.435. The van der Waals surface area contributed by atoms with Crippen molar-refractivity contribution in [1.82, 2.24) is 0 Å². The molecule has 0 bridgehead atoms. The van der Waals surface area contributed by atoms with E-state index in [2.05, 4.69) is 107 Å². The minimum atomic E-state index is -1.95. The van der Waals surface area contributed by atoms with E-state index in [1.807, 2.05) is 0 Å². The van der Waals surface area contributed by atoms with E-state index in [0.29, 0.717) is 3.63 Å². The summed E-state index contributed by atoms with van der Waals surface area (Å²) >= 11 is -1.95. The van der Waals surface area contributed by atoms with Crippen molar-refractivity contribution in [1.29, 1.82) is 0 Å². The predicted molar refractivity (Wildman–Crippen MR) is 123 cm³/mol. The molecule has 28 heavy (non-hydrogen) atoms. The molecule has 1 aromatic carbocycles. The summed E-state index contributed by atoms with van der Waals surface area (Å²) in [6.07, 6.45) is 10.1. The quantitative estimate of drug-likeness (QED) is 0.384. The Balaban J connectivity index is 0.00000364. The van der Waals surface area contributed by atoms with E-state index in [4.69, 9.17) is 0 Å². The van der Waals surface area contributed by atoms with Gasteiger partial charge in [0.1, 0.15) is 0 Å². The Bertz CT molecular complexity index is 775. The fourth-order valence-electron chi connectivity index (χ4n) is 3.30. The molecule has 0 saturated heterocycles. The van der Waals surface area contributed by atoms with Gasteiger partial charge in [0.15, 0.2) is 0 Å². The van der Waals surface area contributed by atoms with Crippen molar-refractivity contribution in [2.24, 2.45) is 0 Å². The Hall–Kier alpha value is 0.207. The Morgan fingerprint density at radius 2 is 1.61 bits per heavy atom. The van der Waals surface area contributed by atoms with E-state index >= 15 is 0 Å². The van der Waals surface area contributed by atoms with E-state index < -0.39 is 37.4 Å². The molecule has 0 radical (unpaired) electrons. The zero-order valence-corrected chi connectivity index (χ0v) is 24.7. The minimum Gasteiger partial charge on any atom is -1.00 e. The molecule has 1 unspecified atom stereocenters. The monoisotopic (exact) mass is 528 g/mol. The minimum absolute atomic E-state index is 0. The van der Waals surface area contributed by atoms with Crippen molar-refractivity contribution in [3.63, 3.8) is 0 Å². The molecule has 0 nitrogen and oxygen atoms in total. The van der Waals surface area contributed by atoms with Crippen LogP contribution in [-0.2, 0) is 21.3 Å². The van der Waals surface area contributed by atoms with Gasteiger partial charge in [0, 0.05) is 0 Å². The zero-order chi connectivity index (χ0) is 19.5. The second kappa shape index (κ2) is 11.6. The van der Waals surface area contributed by atoms with E-state index in [1.54, 1.807) is 12.1 Å². The van der Waals surface area contributed by atoms with Gasteiger partial charge in [0.25, 0.3) is 0 Å². The Kier molecular flexibility index (Phi) is 11.6. The van der Waals surface area contributed by atoms with Crippen LogP contribution in [0.15, 0.2) is 51.5 Å². The molecule has 0 spiro atoms. The summed E-state index contributed by atoms with van der Waals surface area (Å²) < 4.78 is 4.10. The predicted octanol–water partition coefficient (Wildman–Crippen LogP) is 1.25. The van der Waals surface area contributed by atoms with Gasteiger partial charge < -0.3 is 24.8 Å². The maximum absolute atomic E-state index is 2.65. The topological polar surface area (TPSA) is 0 Å². The van der Waals surface area contributed by atoms with Crippen LogP contribution >= 0.6 is 0 Å². The summed E-state index contributed by atoms with van der Waals surface area (Å²) in [6, 6.07) is 10.3. The van der Waals surface area contributed by atoms with Crippen LogP contribution in [0, 0.1) is 0 Å². The smallest absolute Gasteiger partial charge is 1.00 e. The van der Waals surface area contributed by atoms with Crippen LogP contribution in [0.25, 0.3) is 6.08 Å². The molecule has 0 amide bonds. The van der Waals surface area contributed by atoms with Gasteiger partial charge in [-0.25, -0.2) is 0 Å². The average molecular weight is 531 g/mol. The van der Waals surface area contributed by atoms with Crippen molar-refractivity contribution in [2.75, 3.05) is 0 Å². The molecular weight excluding hydrogens is 495 g/mol. The van der Waals surface area contributed by atoms with Crippen LogP contribution < -0.4 is 24.8 Å². The van der Waals surface area contributed by atoms with Gasteiger partial charge in [-0.05, 0) is 0 Å². The van der Waals surface area contributed by atoms with Crippen molar-refractivity contribution < 1.29 is 46.1 Å². The van der Waals surface area contributed by atoms with E-state index in [9.17, 15) is 0 Å². The molecule has 5 heteroatoms. The average Bonchev–Trinajstić information content (AvgIpc) is 2.91. The first-order valence-corrected chi connectivity index (χ1v) is 21.0. The van der Waals surface area contributed by atoms with Crippen LogP contribution in [0.2, 0.25) is 45.3 Å². The van der Waals surface area contributed by atoms with Crippen LogP contribution in [0.4, 0.5) is 0 Å². The van der Waals surface area contributed by atoms with Crippen molar-refractivity contribution in [3.05, 3.63) is 62.6 Å². The number of benzene rings is 1. The summed E-state index contributed by atoms with van der Waals surface area (Å²) in [7, 11) is -2.27. The second-order valence-corrected chi connectivity index (χ2v) is 28.0. The second-order valence-electron chi connectivity index (χ2n) is 10.0. The summed E-state index contributed by atoms with van der Waals surface area (Å²) in [5, 5.41) is 0. The van der Waals surface area contributed by atoms with Crippen molar-refractivity contribution >= 4 is 25.4 Å². The molecule has 0 aromatic heterocycles. The van der Waals surface area contributed by atoms with Gasteiger partial charge in [-0.15, -0.1) is 0 Å². The molecule has 154 valence electrons. The third-order valence-corrected chi connectivity index (χ3v) is 15.1. The number of rotatable bonds is 6. The molecule has 1 aliphatic rings. The number of allylic oxidation sites excluding steroid dienone is 4. The Morgan fingerprint density at radius 3 is 2.14 bits per heavy atom. The third kappa shape index (κ3) is 8.52. The van der Waals surface area contributed by atoms with E-state index in [1.165, 1.54) is 11.6 Å². The van der Waals surface area contributed by atoms with E-state index in [-0.39, 0.29) is 24.8 Å². The third-order valence-electron chi connectivity index (χ3n) is 4.66. The SMILES string of the molecule is C[C](C)=[Zr+2]([C](C=C[Si](C)(C)C)=CC[Si](C)(C)C)[CH]1C=Cc2ccccc21.[Cl-].[Cl-]. The van der Waals surface area contributed by atoms with Crippen LogP contribution in [0.5, 0.6) is 0 Å². The molecule has 0 saturated carbocycles. The van der Waals surface area contributed by atoms with Gasteiger partial charge in [-0.2, -0.15) is 0 Å². The van der Waals surface area contributed by atoms with Gasteiger partial charge in [-0.3, -0.25) is 0 Å². The van der Waals surface area contributed by atoms with Crippen LogP contribution in [0.1, 0.15) is 28.6 Å². The van der Waals surface area contributed by atoms with Gasteiger partial charge >= 0.3 is 172 Å². The largest absolute Gasteiger partial charge is 1.00 e. The Labute approximate surface area is 195 Å². The molecule has 0 N–H and O–H groups in total. The number of fused-ring (bicyclic) bond motifs is 1. The Morgan fingerprint density at radius 1 is 1.00 bits per heavy atom. The normalized spacial score (nSPS) is 16.1. The molecular formula is C23H36Cl2Si2Zr. The summed E-state index contributed by atoms with van der Waals surface area (Å²) in [5.41, 5.74) is 5.58. The molecule has 0 aliphatic heterocycles. The first-order chi connectivity index (χ1) is 12.0. The maximum Gasteiger partial charge on any atom is -1.00 e. The first-order valence-electron chi connectivity index (χ1n) is 9.82. The van der Waals surface area contributed by atoms with Crippen molar-refractivity contribution in [3.8, 4) is 0 Å². The summed E-state index contributed by atoms with van der Waals surface area (Å²) in [4.78, 5) is 0. The van der Waals surface area contributed by atoms with Crippen molar-refractivity contribution in [2.45, 2.75) is 62.8 Å². The standard InChI is InChI=1S/C11H23Si2.C9H7.C3H6.2ClH.Zr/c1-12(2,3)10-8-7-9-11-13(4,5)6;1-2-5-9-7-3-6-8(9)4-1;1-3-2;;;/h8-10H,11H2,1-6H3;1-7H;1-2H3;2*1H;/q;;;;;+2/p-2. The first kappa shape index (κ1) is 28.2. The molecule has 0 fully saturated rings. The van der Waals surface area contributed by atoms with Gasteiger partial charge in [0.2, 0.25) is 0 Å².